The summed E-state index contributed by atoms with van der Waals surface area (Å²) in [7, 11) is 0. The Hall–Kier alpha value is -9.77. The largest absolute Gasteiger partial charge is 0.307 e. The van der Waals surface area contributed by atoms with E-state index in [9.17, 15) is 0 Å². The van der Waals surface area contributed by atoms with Crippen LogP contribution in [0, 0.1) is 0 Å². The zero-order chi connectivity index (χ0) is 52.7. The fourth-order valence-electron chi connectivity index (χ4n) is 13.7. The summed E-state index contributed by atoms with van der Waals surface area (Å²) in [6.07, 6.45) is 0. The number of aromatic nitrogens is 4. The average Bonchev–Trinajstić information content (AvgIpc) is 2.23. The number of rotatable bonds is 7. The molecule has 3 heterocycles. The summed E-state index contributed by atoms with van der Waals surface area (Å²) >= 11 is 0. The van der Waals surface area contributed by atoms with Crippen molar-refractivity contribution in [3.05, 3.63) is 265 Å². The van der Waals surface area contributed by atoms with Gasteiger partial charge in [0.2, 0.25) is 0 Å². The fraction of sp³-hybridized carbons (Fsp3) is 0.0800. The first-order chi connectivity index (χ1) is 38.7. The smallest absolute Gasteiger partial charge is 0.164 e. The van der Waals surface area contributed by atoms with Crippen LogP contribution in [0.25, 0.3) is 140 Å². The topological polar surface area (TPSA) is 43.6 Å². The summed E-state index contributed by atoms with van der Waals surface area (Å²) in [5.41, 5.74) is 28.6. The maximum atomic E-state index is 5.37. The zero-order valence-electron chi connectivity index (χ0n) is 44.4. The Labute approximate surface area is 460 Å². The number of nitrogens with zero attached hydrogens (tertiary/aromatic N) is 4. The average molecular weight is 1010 g/mol. The first-order valence-corrected chi connectivity index (χ1v) is 27.5. The molecule has 0 spiro atoms. The Morgan fingerprint density at radius 1 is 0.278 bits per heavy atom. The van der Waals surface area contributed by atoms with Crippen LogP contribution in [0.2, 0.25) is 0 Å². The van der Waals surface area contributed by atoms with Gasteiger partial charge in [0.1, 0.15) is 0 Å². The van der Waals surface area contributed by atoms with E-state index in [0.29, 0.717) is 17.5 Å². The number of hydrogen-bond donors (Lipinski definition) is 0. The van der Waals surface area contributed by atoms with Gasteiger partial charge in [-0.3, -0.25) is 0 Å². The van der Waals surface area contributed by atoms with Crippen molar-refractivity contribution in [2.24, 2.45) is 0 Å². The van der Waals surface area contributed by atoms with Gasteiger partial charge < -0.3 is 4.57 Å². The predicted octanol–water partition coefficient (Wildman–Crippen LogP) is 19.2. The van der Waals surface area contributed by atoms with Gasteiger partial charge in [0.25, 0.3) is 0 Å². The molecule has 0 fully saturated rings. The van der Waals surface area contributed by atoms with Crippen LogP contribution in [0.5, 0.6) is 0 Å². The predicted molar refractivity (Wildman–Crippen MR) is 326 cm³/mol. The first kappa shape index (κ1) is 45.4. The molecule has 2 aromatic heterocycles. The molecule has 4 nitrogen and oxygen atoms in total. The third-order valence-corrected chi connectivity index (χ3v) is 17.6. The maximum absolute atomic E-state index is 5.37. The molecule has 0 amide bonds. The van der Waals surface area contributed by atoms with Crippen LogP contribution in [0.4, 0.5) is 0 Å². The molecular formula is C75H52N4. The normalized spacial score (nSPS) is 13.8. The van der Waals surface area contributed by atoms with E-state index in [1.165, 1.54) is 94.3 Å². The monoisotopic (exact) mass is 1010 g/mol. The van der Waals surface area contributed by atoms with E-state index >= 15 is 0 Å². The van der Waals surface area contributed by atoms with Gasteiger partial charge >= 0.3 is 0 Å². The third-order valence-electron chi connectivity index (χ3n) is 17.6. The molecule has 0 radical (unpaired) electrons. The minimum Gasteiger partial charge on any atom is -0.307 e. The van der Waals surface area contributed by atoms with Gasteiger partial charge in [-0.25, -0.2) is 15.0 Å². The Bertz CT molecular complexity index is 4640. The van der Waals surface area contributed by atoms with Gasteiger partial charge in [-0.1, -0.05) is 234 Å². The quantitative estimate of drug-likeness (QED) is 0.160. The molecule has 11 aromatic carbocycles. The van der Waals surface area contributed by atoms with Crippen molar-refractivity contribution in [1.29, 1.82) is 0 Å². The summed E-state index contributed by atoms with van der Waals surface area (Å²) < 4.78 is 2.58. The SMILES string of the molecule is CC1(C)c2ccccc2-c2cc(-c3nc(-c4ccc(-c5cccc(-c6cccc7c6-n6c8ccccc8c8ccc9c(c86)-c6c-7cccc6C9(C)C)c5)cc4)nc(-c4cc(-c5ccccc5)cc(-c5ccccc5)c4)n3)ccc21. The van der Waals surface area contributed by atoms with E-state index in [1.807, 2.05) is 0 Å². The standard InChI is InChI=1S/C75H52N4/c1-74(2)62-29-13-11-24-56(62)61-44-51(36-38-63(61)74)72-76-71(77-73(78-72)54-42-52(45-18-7-5-8-19-45)41-53(43-54)46-20-9-6-10-21-46)48-34-32-47(33-35-48)49-22-15-23-50(40-49)55-26-16-28-59-58-27-17-30-64-67(58)68-65(75(64,3)4)39-37-60-57-25-12-14-31-66(57)79(69(55)59)70(60)68/h5-44H,1-4H3. The molecule has 0 atom stereocenters. The van der Waals surface area contributed by atoms with Gasteiger partial charge in [0.05, 0.1) is 16.7 Å². The first-order valence-electron chi connectivity index (χ1n) is 27.5. The molecular weight excluding hydrogens is 957 g/mol. The van der Waals surface area contributed by atoms with E-state index < -0.39 is 0 Å². The van der Waals surface area contributed by atoms with E-state index in [4.69, 9.17) is 15.0 Å². The van der Waals surface area contributed by atoms with Gasteiger partial charge in [0, 0.05) is 55.0 Å². The van der Waals surface area contributed by atoms with Crippen LogP contribution in [-0.2, 0) is 10.8 Å². The highest BCUT2D eigenvalue weighted by atomic mass is 15.0. The van der Waals surface area contributed by atoms with Crippen LogP contribution in [0.15, 0.2) is 243 Å². The fourth-order valence-corrected chi connectivity index (χ4v) is 13.7. The van der Waals surface area contributed by atoms with Gasteiger partial charge in [-0.2, -0.15) is 0 Å². The van der Waals surface area contributed by atoms with Crippen LogP contribution in [-0.4, -0.2) is 19.5 Å². The third kappa shape index (κ3) is 6.77. The summed E-state index contributed by atoms with van der Waals surface area (Å²) in [5.74, 6) is 1.87. The van der Waals surface area contributed by atoms with E-state index in [-0.39, 0.29) is 10.8 Å². The molecule has 0 bridgehead atoms. The van der Waals surface area contributed by atoms with Crippen molar-refractivity contribution in [3.8, 4) is 118 Å². The summed E-state index contributed by atoms with van der Waals surface area (Å²) in [5, 5.41) is 2.57. The molecule has 0 unspecified atom stereocenters. The van der Waals surface area contributed by atoms with E-state index in [0.717, 1.165) is 50.1 Å². The minimum atomic E-state index is -0.117. The zero-order valence-corrected chi connectivity index (χ0v) is 44.4. The Balaban J connectivity index is 0.834. The Morgan fingerprint density at radius 2 is 0.759 bits per heavy atom. The van der Waals surface area contributed by atoms with Crippen molar-refractivity contribution in [1.82, 2.24) is 19.5 Å². The van der Waals surface area contributed by atoms with E-state index in [1.54, 1.807) is 0 Å². The van der Waals surface area contributed by atoms with Gasteiger partial charge in [-0.15, -0.1) is 0 Å². The Kier molecular flexibility index (Phi) is 9.70. The summed E-state index contributed by atoms with van der Waals surface area (Å²) in [6.45, 7) is 9.41. The summed E-state index contributed by atoms with van der Waals surface area (Å²) in [6, 6.07) is 88.7. The van der Waals surface area contributed by atoms with Crippen molar-refractivity contribution in [2.45, 2.75) is 38.5 Å². The van der Waals surface area contributed by atoms with Crippen LogP contribution in [0.3, 0.4) is 0 Å². The molecule has 79 heavy (non-hydrogen) atoms. The van der Waals surface area contributed by atoms with Crippen molar-refractivity contribution < 1.29 is 0 Å². The highest BCUT2D eigenvalue weighted by molar-refractivity contribution is 6.19. The molecule has 1 aliphatic heterocycles. The lowest BCUT2D eigenvalue weighted by Crippen LogP contribution is -2.15. The molecule has 13 aromatic rings. The molecule has 3 aliphatic rings. The highest BCUT2D eigenvalue weighted by Gasteiger charge is 2.41. The molecule has 0 saturated heterocycles. The molecule has 0 N–H and O–H groups in total. The van der Waals surface area contributed by atoms with Crippen molar-refractivity contribution >= 4 is 21.8 Å². The molecule has 4 heteroatoms. The van der Waals surface area contributed by atoms with E-state index in [2.05, 4.69) is 275 Å². The lowest BCUT2D eigenvalue weighted by Gasteiger charge is -2.23. The Morgan fingerprint density at radius 3 is 1.53 bits per heavy atom. The lowest BCUT2D eigenvalue weighted by molar-refractivity contribution is 0.660. The number of benzene rings is 11. The molecule has 2 aliphatic carbocycles. The van der Waals surface area contributed by atoms with Crippen molar-refractivity contribution in [2.75, 3.05) is 0 Å². The van der Waals surface area contributed by atoms with Gasteiger partial charge in [0.15, 0.2) is 17.5 Å². The van der Waals surface area contributed by atoms with Crippen LogP contribution < -0.4 is 0 Å². The molecule has 0 saturated carbocycles. The number of hydrogen-bond acceptors (Lipinski definition) is 3. The second-order valence-electron chi connectivity index (χ2n) is 22.7. The minimum absolute atomic E-state index is 0.114. The van der Waals surface area contributed by atoms with Crippen molar-refractivity contribution in [3.63, 3.8) is 0 Å². The lowest BCUT2D eigenvalue weighted by atomic mass is 9.81. The summed E-state index contributed by atoms with van der Waals surface area (Å²) in [4.78, 5) is 16.1. The highest BCUT2D eigenvalue weighted by Crippen LogP contribution is 2.59. The number of para-hydroxylation sites is 2. The molecule has 16 rings (SSSR count). The number of fused-ring (bicyclic) bond motifs is 9. The van der Waals surface area contributed by atoms with Gasteiger partial charge in [-0.05, 0) is 120 Å². The second kappa shape index (κ2) is 16.9. The second-order valence-corrected chi connectivity index (χ2v) is 22.7. The van der Waals surface area contributed by atoms with Crippen LogP contribution in [0.1, 0.15) is 49.9 Å². The molecule has 372 valence electrons. The maximum Gasteiger partial charge on any atom is 0.164 e. The van der Waals surface area contributed by atoms with Crippen LogP contribution >= 0.6 is 0 Å².